The van der Waals surface area contributed by atoms with Gasteiger partial charge < -0.3 is 10.1 Å². The SMILES string of the molecule is C[C@]1(c2ccc(OC(F)F)cc2)NC(=O)N(Cc2cccc(F)c2)C1=O. The summed E-state index contributed by atoms with van der Waals surface area (Å²) in [6.45, 7) is -1.52. The van der Waals surface area contributed by atoms with Gasteiger partial charge in [-0.2, -0.15) is 8.78 Å². The molecule has 1 aliphatic heterocycles. The Kier molecular flexibility index (Phi) is 4.58. The van der Waals surface area contributed by atoms with E-state index < -0.39 is 29.9 Å². The van der Waals surface area contributed by atoms with Gasteiger partial charge in [-0.15, -0.1) is 0 Å². The molecule has 1 aliphatic rings. The number of halogens is 3. The number of hydrogen-bond acceptors (Lipinski definition) is 3. The third-order valence-electron chi connectivity index (χ3n) is 4.16. The molecule has 0 bridgehead atoms. The third kappa shape index (κ3) is 3.35. The van der Waals surface area contributed by atoms with Crippen LogP contribution >= 0.6 is 0 Å². The molecule has 0 unspecified atom stereocenters. The van der Waals surface area contributed by atoms with Gasteiger partial charge in [-0.25, -0.2) is 9.18 Å². The molecule has 136 valence electrons. The molecule has 8 heteroatoms. The maximum atomic E-state index is 13.3. The summed E-state index contributed by atoms with van der Waals surface area (Å²) in [4.78, 5) is 26.0. The lowest BCUT2D eigenvalue weighted by Crippen LogP contribution is -2.40. The number of amides is 3. The van der Waals surface area contributed by atoms with Gasteiger partial charge in [0.25, 0.3) is 5.91 Å². The molecule has 26 heavy (non-hydrogen) atoms. The van der Waals surface area contributed by atoms with Crippen molar-refractivity contribution in [1.82, 2.24) is 10.2 Å². The van der Waals surface area contributed by atoms with Crippen LogP contribution in [0.25, 0.3) is 0 Å². The van der Waals surface area contributed by atoms with Crippen molar-refractivity contribution >= 4 is 11.9 Å². The van der Waals surface area contributed by atoms with Crippen LogP contribution in [0.5, 0.6) is 5.75 Å². The summed E-state index contributed by atoms with van der Waals surface area (Å²) in [6, 6.07) is 10.4. The third-order valence-corrected chi connectivity index (χ3v) is 4.16. The quantitative estimate of drug-likeness (QED) is 0.828. The van der Waals surface area contributed by atoms with Crippen LogP contribution < -0.4 is 10.1 Å². The highest BCUT2D eigenvalue weighted by Crippen LogP contribution is 2.31. The highest BCUT2D eigenvalue weighted by molar-refractivity contribution is 6.07. The summed E-state index contributed by atoms with van der Waals surface area (Å²) in [5, 5.41) is 2.60. The van der Waals surface area contributed by atoms with Crippen LogP contribution in [-0.4, -0.2) is 23.4 Å². The van der Waals surface area contributed by atoms with Gasteiger partial charge in [0.15, 0.2) is 0 Å². The van der Waals surface area contributed by atoms with E-state index in [1.807, 2.05) is 0 Å². The van der Waals surface area contributed by atoms with Gasteiger partial charge in [-0.1, -0.05) is 24.3 Å². The zero-order valence-electron chi connectivity index (χ0n) is 13.7. The van der Waals surface area contributed by atoms with Gasteiger partial charge in [0.2, 0.25) is 0 Å². The Morgan fingerprint density at radius 3 is 2.46 bits per heavy atom. The van der Waals surface area contributed by atoms with E-state index in [0.717, 1.165) is 4.90 Å². The molecule has 1 N–H and O–H groups in total. The van der Waals surface area contributed by atoms with Crippen molar-refractivity contribution in [2.75, 3.05) is 0 Å². The predicted octanol–water partition coefficient (Wildman–Crippen LogP) is 3.39. The molecule has 0 spiro atoms. The number of urea groups is 1. The van der Waals surface area contributed by atoms with Crippen molar-refractivity contribution in [3.8, 4) is 5.75 Å². The second kappa shape index (κ2) is 6.70. The topological polar surface area (TPSA) is 58.6 Å². The average molecular weight is 364 g/mol. The fourth-order valence-electron chi connectivity index (χ4n) is 2.82. The molecule has 5 nitrogen and oxygen atoms in total. The summed E-state index contributed by atoms with van der Waals surface area (Å²) in [7, 11) is 0. The summed E-state index contributed by atoms with van der Waals surface area (Å²) in [5.41, 5.74) is -0.467. The highest BCUT2D eigenvalue weighted by Gasteiger charge is 2.48. The monoisotopic (exact) mass is 364 g/mol. The number of carbonyl (C=O) groups excluding carboxylic acids is 2. The van der Waals surface area contributed by atoms with Crippen LogP contribution in [0.4, 0.5) is 18.0 Å². The number of hydrogen-bond donors (Lipinski definition) is 1. The lowest BCUT2D eigenvalue weighted by molar-refractivity contribution is -0.131. The number of rotatable bonds is 5. The Morgan fingerprint density at radius 1 is 1.15 bits per heavy atom. The van der Waals surface area contributed by atoms with E-state index in [1.165, 1.54) is 49.4 Å². The van der Waals surface area contributed by atoms with E-state index in [9.17, 15) is 22.8 Å². The maximum Gasteiger partial charge on any atom is 0.387 e. The van der Waals surface area contributed by atoms with Crippen LogP contribution in [0.1, 0.15) is 18.1 Å². The number of nitrogens with zero attached hydrogens (tertiary/aromatic N) is 1. The summed E-state index contributed by atoms with van der Waals surface area (Å²) in [5.74, 6) is -1.04. The van der Waals surface area contributed by atoms with E-state index in [2.05, 4.69) is 10.1 Å². The Labute approximate surface area is 147 Å². The first-order chi connectivity index (χ1) is 12.3. The van der Waals surface area contributed by atoms with Crippen molar-refractivity contribution in [2.24, 2.45) is 0 Å². The molecule has 0 saturated carbocycles. The number of carbonyl (C=O) groups is 2. The lowest BCUT2D eigenvalue weighted by Gasteiger charge is -2.22. The Bertz CT molecular complexity index is 842. The first-order valence-electron chi connectivity index (χ1n) is 7.73. The summed E-state index contributed by atoms with van der Waals surface area (Å²) >= 11 is 0. The second-order valence-electron chi connectivity index (χ2n) is 5.98. The number of imide groups is 1. The maximum absolute atomic E-state index is 13.3. The molecular formula is C18H15F3N2O3. The van der Waals surface area contributed by atoms with Crippen molar-refractivity contribution in [3.63, 3.8) is 0 Å². The Morgan fingerprint density at radius 2 is 1.85 bits per heavy atom. The molecule has 1 fully saturated rings. The minimum atomic E-state index is -2.95. The molecule has 0 aliphatic carbocycles. The minimum Gasteiger partial charge on any atom is -0.435 e. The fraction of sp³-hybridized carbons (Fsp3) is 0.222. The Hall–Kier alpha value is -3.03. The molecule has 1 atom stereocenters. The van der Waals surface area contributed by atoms with Crippen LogP contribution in [-0.2, 0) is 16.9 Å². The van der Waals surface area contributed by atoms with Gasteiger partial charge in [-0.3, -0.25) is 9.69 Å². The highest BCUT2D eigenvalue weighted by atomic mass is 19.3. The molecule has 2 aromatic carbocycles. The smallest absolute Gasteiger partial charge is 0.387 e. The zero-order valence-corrected chi connectivity index (χ0v) is 13.7. The van der Waals surface area contributed by atoms with E-state index >= 15 is 0 Å². The van der Waals surface area contributed by atoms with Gasteiger partial charge >= 0.3 is 12.6 Å². The molecule has 0 radical (unpaired) electrons. The van der Waals surface area contributed by atoms with Gasteiger partial charge in [0.05, 0.1) is 6.54 Å². The van der Waals surface area contributed by atoms with Crippen molar-refractivity contribution in [3.05, 3.63) is 65.5 Å². The molecule has 1 saturated heterocycles. The van der Waals surface area contributed by atoms with Crippen LogP contribution in [0.3, 0.4) is 0 Å². The van der Waals surface area contributed by atoms with Crippen LogP contribution in [0, 0.1) is 5.82 Å². The Balaban J connectivity index is 1.82. The zero-order chi connectivity index (χ0) is 18.9. The molecular weight excluding hydrogens is 349 g/mol. The van der Waals surface area contributed by atoms with E-state index in [0.29, 0.717) is 11.1 Å². The summed E-state index contributed by atoms with van der Waals surface area (Å²) in [6.07, 6.45) is 0. The van der Waals surface area contributed by atoms with E-state index in [4.69, 9.17) is 0 Å². The first kappa shape index (κ1) is 17.8. The number of ether oxygens (including phenoxy) is 1. The lowest BCUT2D eigenvalue weighted by atomic mass is 9.92. The molecule has 3 rings (SSSR count). The minimum absolute atomic E-state index is 0.0549. The van der Waals surface area contributed by atoms with Crippen molar-refractivity contribution in [1.29, 1.82) is 0 Å². The average Bonchev–Trinajstić information content (AvgIpc) is 2.79. The van der Waals surface area contributed by atoms with Crippen LogP contribution in [0.2, 0.25) is 0 Å². The van der Waals surface area contributed by atoms with Crippen molar-refractivity contribution in [2.45, 2.75) is 25.6 Å². The molecule has 0 aromatic heterocycles. The largest absolute Gasteiger partial charge is 0.435 e. The van der Waals surface area contributed by atoms with Gasteiger partial charge in [0.1, 0.15) is 17.1 Å². The second-order valence-corrected chi connectivity index (χ2v) is 5.98. The molecule has 2 aromatic rings. The number of benzene rings is 2. The molecule has 3 amide bonds. The molecule has 1 heterocycles. The normalized spacial score (nSPS) is 19.8. The van der Waals surface area contributed by atoms with Crippen LogP contribution in [0.15, 0.2) is 48.5 Å². The van der Waals surface area contributed by atoms with Crippen molar-refractivity contribution < 1.29 is 27.5 Å². The predicted molar refractivity (Wildman–Crippen MR) is 85.9 cm³/mol. The summed E-state index contributed by atoms with van der Waals surface area (Å²) < 4.78 is 42.0. The number of nitrogens with one attached hydrogen (secondary N) is 1. The fourth-order valence-corrected chi connectivity index (χ4v) is 2.82. The van der Waals surface area contributed by atoms with E-state index in [1.54, 1.807) is 6.07 Å². The number of alkyl halides is 2. The van der Waals surface area contributed by atoms with Gasteiger partial charge in [-0.05, 0) is 42.3 Å². The standard InChI is InChI=1S/C18H15F3N2O3/c1-18(12-5-7-14(8-6-12)26-16(20)21)15(24)23(17(25)22-18)10-11-3-2-4-13(19)9-11/h2-9,16H,10H2,1H3,(H,22,25)/t18-/m1/s1. The first-order valence-corrected chi connectivity index (χ1v) is 7.73. The van der Waals surface area contributed by atoms with Gasteiger partial charge in [0, 0.05) is 0 Å². The van der Waals surface area contributed by atoms with E-state index in [-0.39, 0.29) is 12.3 Å².